The highest BCUT2D eigenvalue weighted by atomic mass is 16.5. The molecule has 0 saturated carbocycles. The Morgan fingerprint density at radius 3 is 2.23 bits per heavy atom. The monoisotopic (exact) mass is 478 g/mol. The molecule has 1 aliphatic carbocycles. The number of fused-ring (bicyclic) bond motifs is 3. The van der Waals surface area contributed by atoms with Crippen LogP contribution in [0.1, 0.15) is 63.0 Å². The Balaban J connectivity index is 1.46. The molecule has 0 aromatic heterocycles. The molecule has 1 unspecified atom stereocenters. The first-order valence-corrected chi connectivity index (χ1v) is 12.5. The highest BCUT2D eigenvalue weighted by Crippen LogP contribution is 2.44. The number of carboxylic acids is 1. The molecule has 2 atom stereocenters. The normalized spacial score (nSPS) is 18.4. The summed E-state index contributed by atoms with van der Waals surface area (Å²) in [5.41, 5.74) is 4.52. The van der Waals surface area contributed by atoms with Gasteiger partial charge in [-0.3, -0.25) is 4.79 Å². The number of nitrogens with one attached hydrogen (secondary N) is 1. The van der Waals surface area contributed by atoms with Crippen molar-refractivity contribution < 1.29 is 24.2 Å². The SMILES string of the molecule is CC(C)C[C@@H](NC(=O)OCC1c2ccccc2-c2ccccc21)C(=O)N1CCCCCC1C(=O)O. The fourth-order valence-electron chi connectivity index (χ4n) is 5.30. The predicted octanol–water partition coefficient (Wildman–Crippen LogP) is 4.80. The van der Waals surface area contributed by atoms with Gasteiger partial charge in [0.25, 0.3) is 0 Å². The van der Waals surface area contributed by atoms with Gasteiger partial charge in [-0.05, 0) is 47.4 Å². The Labute approximate surface area is 206 Å². The summed E-state index contributed by atoms with van der Waals surface area (Å²) in [4.78, 5) is 39.6. The molecule has 0 bridgehead atoms. The average Bonchev–Trinajstić information content (AvgIpc) is 2.97. The molecule has 0 spiro atoms. The van der Waals surface area contributed by atoms with Gasteiger partial charge in [0, 0.05) is 12.5 Å². The van der Waals surface area contributed by atoms with Gasteiger partial charge in [0.15, 0.2) is 0 Å². The van der Waals surface area contributed by atoms with Crippen molar-refractivity contribution in [1.29, 1.82) is 0 Å². The van der Waals surface area contributed by atoms with Gasteiger partial charge in [0.05, 0.1) is 0 Å². The lowest BCUT2D eigenvalue weighted by atomic mass is 9.98. The van der Waals surface area contributed by atoms with Gasteiger partial charge < -0.3 is 20.1 Å². The highest BCUT2D eigenvalue weighted by Gasteiger charge is 2.36. The molecule has 1 aliphatic heterocycles. The number of amides is 2. The molecule has 4 rings (SSSR count). The lowest BCUT2D eigenvalue weighted by Gasteiger charge is -2.31. The van der Waals surface area contributed by atoms with Crippen molar-refractivity contribution in [1.82, 2.24) is 10.2 Å². The summed E-state index contributed by atoms with van der Waals surface area (Å²) in [7, 11) is 0. The van der Waals surface area contributed by atoms with Crippen LogP contribution in [0.4, 0.5) is 4.79 Å². The molecule has 7 heteroatoms. The molecular weight excluding hydrogens is 444 g/mol. The standard InChI is InChI=1S/C28H34N2O5/c1-18(2)16-24(26(31)30-15-9-3-4-14-25(30)27(32)33)29-28(34)35-17-23-21-12-7-5-10-19(21)20-11-6-8-13-22(20)23/h5-8,10-13,18,23-25H,3-4,9,14-17H2,1-2H3,(H,29,34)(H,32,33)/t24-,25?/m1/s1. The van der Waals surface area contributed by atoms with E-state index in [2.05, 4.69) is 29.6 Å². The molecule has 186 valence electrons. The maximum absolute atomic E-state index is 13.4. The number of rotatable bonds is 7. The van der Waals surface area contributed by atoms with Crippen molar-refractivity contribution in [3.8, 4) is 11.1 Å². The summed E-state index contributed by atoms with van der Waals surface area (Å²) < 4.78 is 5.65. The Hall–Kier alpha value is -3.35. The van der Waals surface area contributed by atoms with E-state index in [0.717, 1.165) is 41.5 Å². The molecule has 1 saturated heterocycles. The molecule has 2 amide bonds. The van der Waals surface area contributed by atoms with Crippen molar-refractivity contribution in [3.05, 3.63) is 59.7 Å². The van der Waals surface area contributed by atoms with Crippen LogP contribution in [0.2, 0.25) is 0 Å². The molecule has 35 heavy (non-hydrogen) atoms. The Kier molecular flexibility index (Phi) is 7.73. The van der Waals surface area contributed by atoms with Gasteiger partial charge in [-0.25, -0.2) is 9.59 Å². The van der Waals surface area contributed by atoms with Gasteiger partial charge in [-0.1, -0.05) is 75.2 Å². The number of likely N-dealkylation sites (tertiary alicyclic amines) is 1. The number of hydrogen-bond acceptors (Lipinski definition) is 4. The highest BCUT2D eigenvalue weighted by molar-refractivity contribution is 5.89. The zero-order valence-electron chi connectivity index (χ0n) is 20.4. The quantitative estimate of drug-likeness (QED) is 0.596. The largest absolute Gasteiger partial charge is 0.480 e. The van der Waals surface area contributed by atoms with Gasteiger partial charge in [0.2, 0.25) is 5.91 Å². The number of alkyl carbamates (subject to hydrolysis) is 1. The first-order valence-electron chi connectivity index (χ1n) is 12.5. The maximum Gasteiger partial charge on any atom is 0.407 e. The summed E-state index contributed by atoms with van der Waals surface area (Å²) in [5.74, 6) is -1.28. The van der Waals surface area contributed by atoms with E-state index < -0.39 is 24.1 Å². The molecule has 2 aromatic carbocycles. The van der Waals surface area contributed by atoms with Crippen LogP contribution in [-0.4, -0.2) is 53.2 Å². The number of benzene rings is 2. The van der Waals surface area contributed by atoms with Gasteiger partial charge in [-0.2, -0.15) is 0 Å². The molecule has 1 heterocycles. The third-order valence-electron chi connectivity index (χ3n) is 6.96. The number of carbonyl (C=O) groups is 3. The fraction of sp³-hybridized carbons (Fsp3) is 0.464. The van der Waals surface area contributed by atoms with Crippen molar-refractivity contribution >= 4 is 18.0 Å². The van der Waals surface area contributed by atoms with E-state index in [4.69, 9.17) is 4.74 Å². The Morgan fingerprint density at radius 2 is 1.63 bits per heavy atom. The van der Waals surface area contributed by atoms with E-state index in [-0.39, 0.29) is 24.3 Å². The zero-order valence-corrected chi connectivity index (χ0v) is 20.4. The molecule has 1 fully saturated rings. The molecule has 2 aliphatic rings. The molecule has 0 radical (unpaired) electrons. The minimum atomic E-state index is -0.996. The molecular formula is C28H34N2O5. The van der Waals surface area contributed by atoms with E-state index in [1.165, 1.54) is 4.90 Å². The van der Waals surface area contributed by atoms with Crippen LogP contribution in [0.5, 0.6) is 0 Å². The van der Waals surface area contributed by atoms with Crippen molar-refractivity contribution in [2.45, 2.75) is 64.0 Å². The number of ether oxygens (including phenoxy) is 1. The molecule has 2 N–H and O–H groups in total. The number of carbonyl (C=O) groups excluding carboxylic acids is 2. The van der Waals surface area contributed by atoms with Crippen LogP contribution in [0.25, 0.3) is 11.1 Å². The smallest absolute Gasteiger partial charge is 0.407 e. The summed E-state index contributed by atoms with van der Waals surface area (Å²) in [5, 5.41) is 12.4. The number of aliphatic carboxylic acids is 1. The van der Waals surface area contributed by atoms with Crippen LogP contribution < -0.4 is 5.32 Å². The van der Waals surface area contributed by atoms with E-state index in [0.29, 0.717) is 19.4 Å². The topological polar surface area (TPSA) is 95.9 Å². The first-order chi connectivity index (χ1) is 16.9. The summed E-state index contributed by atoms with van der Waals surface area (Å²) >= 11 is 0. The van der Waals surface area contributed by atoms with Gasteiger partial charge in [0.1, 0.15) is 18.7 Å². The second-order valence-electron chi connectivity index (χ2n) is 9.89. The fourth-order valence-corrected chi connectivity index (χ4v) is 5.30. The average molecular weight is 479 g/mol. The van der Waals surface area contributed by atoms with Crippen molar-refractivity contribution in [3.63, 3.8) is 0 Å². The first kappa shape index (κ1) is 24.8. The third kappa shape index (κ3) is 5.50. The third-order valence-corrected chi connectivity index (χ3v) is 6.96. The van der Waals surface area contributed by atoms with Gasteiger partial charge >= 0.3 is 12.1 Å². The number of hydrogen-bond donors (Lipinski definition) is 2. The number of carboxylic acid groups (broad SMARTS) is 1. The van der Waals surface area contributed by atoms with Crippen LogP contribution >= 0.6 is 0 Å². The lowest BCUT2D eigenvalue weighted by molar-refractivity contribution is -0.151. The second-order valence-corrected chi connectivity index (χ2v) is 9.89. The predicted molar refractivity (Wildman–Crippen MR) is 133 cm³/mol. The van der Waals surface area contributed by atoms with E-state index in [1.807, 2.05) is 38.1 Å². The zero-order chi connectivity index (χ0) is 24.9. The van der Waals surface area contributed by atoms with Crippen LogP contribution in [0, 0.1) is 5.92 Å². The van der Waals surface area contributed by atoms with Gasteiger partial charge in [-0.15, -0.1) is 0 Å². The minimum absolute atomic E-state index is 0.0746. The second kappa shape index (κ2) is 10.9. The van der Waals surface area contributed by atoms with Crippen LogP contribution in [-0.2, 0) is 14.3 Å². The minimum Gasteiger partial charge on any atom is -0.480 e. The number of nitrogens with zero attached hydrogens (tertiary/aromatic N) is 1. The Bertz CT molecular complexity index is 1040. The molecule has 2 aromatic rings. The van der Waals surface area contributed by atoms with Crippen molar-refractivity contribution in [2.24, 2.45) is 5.92 Å². The molecule has 7 nitrogen and oxygen atoms in total. The van der Waals surface area contributed by atoms with Crippen LogP contribution in [0.15, 0.2) is 48.5 Å². The van der Waals surface area contributed by atoms with E-state index in [1.54, 1.807) is 0 Å². The Morgan fingerprint density at radius 1 is 1.00 bits per heavy atom. The summed E-state index contributed by atoms with van der Waals surface area (Å²) in [6.45, 7) is 4.48. The summed E-state index contributed by atoms with van der Waals surface area (Å²) in [6, 6.07) is 14.5. The van der Waals surface area contributed by atoms with Crippen LogP contribution in [0.3, 0.4) is 0 Å². The van der Waals surface area contributed by atoms with Crippen molar-refractivity contribution in [2.75, 3.05) is 13.2 Å². The lowest BCUT2D eigenvalue weighted by Crippen LogP contribution is -2.54. The van der Waals surface area contributed by atoms with E-state index >= 15 is 0 Å². The summed E-state index contributed by atoms with van der Waals surface area (Å²) in [6.07, 6.45) is 2.60. The maximum atomic E-state index is 13.4. The van der Waals surface area contributed by atoms with E-state index in [9.17, 15) is 19.5 Å².